The standard InChI is InChI=1S/C25H26FN7O2/c1-4-21(34)31-13-17(11-14(31)2)33-24(28-3)22(23(27)35)18(30-33)9-5-15-6-10-20-19(12-15)29-25(26)32(20)16-7-8-16/h4,6,10,12,14,16-17,28H,1,7-8,11,13H2,2-3H3,(H2,27,35)/t14-,17+/m1/s1. The smallest absolute Gasteiger partial charge is 0.290 e. The summed E-state index contributed by atoms with van der Waals surface area (Å²) in [5, 5.41) is 7.62. The van der Waals surface area contributed by atoms with Gasteiger partial charge in [-0.1, -0.05) is 12.5 Å². The van der Waals surface area contributed by atoms with Crippen LogP contribution in [0.25, 0.3) is 11.0 Å². The number of imidazole rings is 1. The number of rotatable bonds is 5. The molecule has 10 heteroatoms. The number of nitrogens with zero attached hydrogens (tertiary/aromatic N) is 5. The minimum Gasteiger partial charge on any atom is -0.373 e. The van der Waals surface area contributed by atoms with Crippen LogP contribution in [0.1, 0.15) is 59.9 Å². The molecule has 180 valence electrons. The third kappa shape index (κ3) is 3.93. The SMILES string of the molecule is C=CC(=O)N1C[C@@H](n2nc(C#Cc3ccc4c(c3)nc(F)n4C3CC3)c(C(N)=O)c2NC)C[C@H]1C. The predicted molar refractivity (Wildman–Crippen MR) is 129 cm³/mol. The van der Waals surface area contributed by atoms with Gasteiger partial charge in [0, 0.05) is 31.2 Å². The van der Waals surface area contributed by atoms with Crippen molar-refractivity contribution >= 4 is 28.7 Å². The van der Waals surface area contributed by atoms with E-state index < -0.39 is 12.0 Å². The van der Waals surface area contributed by atoms with Gasteiger partial charge in [-0.15, -0.1) is 0 Å². The Kier molecular flexibility index (Phi) is 5.55. The Hall–Kier alpha value is -4.13. The minimum atomic E-state index is -0.657. The fraction of sp³-hybridized carbons (Fsp3) is 0.360. The first kappa shape index (κ1) is 22.7. The summed E-state index contributed by atoms with van der Waals surface area (Å²) in [7, 11) is 1.68. The van der Waals surface area contributed by atoms with Crippen LogP contribution in [0.2, 0.25) is 0 Å². The molecule has 0 unspecified atom stereocenters. The molecule has 1 aliphatic carbocycles. The number of aromatic nitrogens is 4. The van der Waals surface area contributed by atoms with E-state index in [-0.39, 0.29) is 35.3 Å². The van der Waals surface area contributed by atoms with Gasteiger partial charge in [0.15, 0.2) is 5.69 Å². The molecule has 2 atom stereocenters. The van der Waals surface area contributed by atoms with Gasteiger partial charge in [0.2, 0.25) is 5.91 Å². The van der Waals surface area contributed by atoms with Crippen molar-refractivity contribution in [2.24, 2.45) is 5.73 Å². The highest BCUT2D eigenvalue weighted by Crippen LogP contribution is 2.38. The lowest BCUT2D eigenvalue weighted by Crippen LogP contribution is -2.32. The summed E-state index contributed by atoms with van der Waals surface area (Å²) < 4.78 is 17.6. The summed E-state index contributed by atoms with van der Waals surface area (Å²) in [4.78, 5) is 30.3. The van der Waals surface area contributed by atoms with Crippen LogP contribution >= 0.6 is 0 Å². The molecule has 35 heavy (non-hydrogen) atoms. The molecule has 9 nitrogen and oxygen atoms in total. The van der Waals surface area contributed by atoms with E-state index in [9.17, 15) is 14.0 Å². The number of benzene rings is 1. The van der Waals surface area contributed by atoms with Gasteiger partial charge in [-0.2, -0.15) is 9.49 Å². The highest BCUT2D eigenvalue weighted by molar-refractivity contribution is 6.00. The zero-order valence-electron chi connectivity index (χ0n) is 19.6. The summed E-state index contributed by atoms with van der Waals surface area (Å²) in [5.74, 6) is 5.62. The Morgan fingerprint density at radius 1 is 1.29 bits per heavy atom. The van der Waals surface area contributed by atoms with E-state index in [2.05, 4.69) is 33.8 Å². The Labute approximate surface area is 201 Å². The van der Waals surface area contributed by atoms with Gasteiger partial charge in [-0.25, -0.2) is 9.67 Å². The predicted octanol–water partition coefficient (Wildman–Crippen LogP) is 2.60. The van der Waals surface area contributed by atoms with Crippen molar-refractivity contribution in [1.29, 1.82) is 0 Å². The van der Waals surface area contributed by atoms with E-state index in [4.69, 9.17) is 5.73 Å². The molecular weight excluding hydrogens is 449 g/mol. The maximum absolute atomic E-state index is 14.3. The first-order valence-electron chi connectivity index (χ1n) is 11.5. The van der Waals surface area contributed by atoms with Gasteiger partial charge in [-0.3, -0.25) is 14.2 Å². The Bertz CT molecular complexity index is 1420. The number of hydrogen-bond acceptors (Lipinski definition) is 5. The minimum absolute atomic E-state index is 0.00598. The van der Waals surface area contributed by atoms with Crippen molar-refractivity contribution in [3.05, 3.63) is 53.8 Å². The Morgan fingerprint density at radius 3 is 2.71 bits per heavy atom. The molecule has 0 spiro atoms. The lowest BCUT2D eigenvalue weighted by atomic mass is 10.1. The first-order chi connectivity index (χ1) is 16.8. The largest absolute Gasteiger partial charge is 0.373 e. The van der Waals surface area contributed by atoms with Crippen molar-refractivity contribution in [3.63, 3.8) is 0 Å². The molecule has 1 aliphatic heterocycles. The number of amides is 2. The molecule has 0 bridgehead atoms. The van der Waals surface area contributed by atoms with Crippen LogP contribution in [0.15, 0.2) is 30.9 Å². The molecule has 1 saturated carbocycles. The number of primary amides is 1. The monoisotopic (exact) mass is 475 g/mol. The van der Waals surface area contributed by atoms with E-state index in [1.54, 1.807) is 33.3 Å². The Morgan fingerprint density at radius 2 is 2.06 bits per heavy atom. The lowest BCUT2D eigenvalue weighted by molar-refractivity contribution is -0.126. The highest BCUT2D eigenvalue weighted by atomic mass is 19.1. The topological polar surface area (TPSA) is 111 Å². The second-order valence-electron chi connectivity index (χ2n) is 9.00. The van der Waals surface area contributed by atoms with Crippen molar-refractivity contribution in [3.8, 4) is 11.8 Å². The number of fused-ring (bicyclic) bond motifs is 1. The molecule has 5 rings (SSSR count). The number of likely N-dealkylation sites (tertiary alicyclic amines) is 1. The number of anilines is 1. The van der Waals surface area contributed by atoms with Crippen molar-refractivity contribution in [2.75, 3.05) is 18.9 Å². The van der Waals surface area contributed by atoms with E-state index in [1.165, 1.54) is 6.08 Å². The van der Waals surface area contributed by atoms with E-state index in [0.717, 1.165) is 18.4 Å². The van der Waals surface area contributed by atoms with Gasteiger partial charge < -0.3 is 16.0 Å². The average molecular weight is 476 g/mol. The molecule has 3 aromatic rings. The number of halogens is 1. The van der Waals surface area contributed by atoms with Crippen LogP contribution in [-0.2, 0) is 4.79 Å². The number of hydrogen-bond donors (Lipinski definition) is 2. The third-order valence-electron chi connectivity index (χ3n) is 6.63. The van der Waals surface area contributed by atoms with Crippen molar-refractivity contribution < 1.29 is 14.0 Å². The summed E-state index contributed by atoms with van der Waals surface area (Å²) in [6.45, 7) is 5.96. The summed E-state index contributed by atoms with van der Waals surface area (Å²) in [6.07, 6.45) is 3.37. The van der Waals surface area contributed by atoms with Gasteiger partial charge in [0.05, 0.1) is 17.1 Å². The zero-order valence-corrected chi connectivity index (χ0v) is 19.6. The van der Waals surface area contributed by atoms with Crippen LogP contribution < -0.4 is 11.1 Å². The number of carbonyl (C=O) groups excluding carboxylic acids is 2. The summed E-state index contributed by atoms with van der Waals surface area (Å²) in [6, 6.07) is 5.35. The molecule has 2 aromatic heterocycles. The second kappa shape index (κ2) is 8.58. The molecule has 1 saturated heterocycles. The van der Waals surface area contributed by atoms with Crippen LogP contribution in [0, 0.1) is 17.9 Å². The first-order valence-corrected chi connectivity index (χ1v) is 11.5. The number of nitrogens with two attached hydrogens (primary N) is 1. The fourth-order valence-electron chi connectivity index (χ4n) is 4.82. The second-order valence-corrected chi connectivity index (χ2v) is 9.00. The van der Waals surface area contributed by atoms with Gasteiger partial charge in [0.1, 0.15) is 11.4 Å². The quantitative estimate of drug-likeness (QED) is 0.435. The van der Waals surface area contributed by atoms with Gasteiger partial charge in [0.25, 0.3) is 12.0 Å². The molecular formula is C25H26FN7O2. The fourth-order valence-corrected chi connectivity index (χ4v) is 4.82. The van der Waals surface area contributed by atoms with Crippen LogP contribution in [-0.4, -0.2) is 55.7 Å². The maximum atomic E-state index is 14.3. The zero-order chi connectivity index (χ0) is 24.9. The number of carbonyl (C=O) groups is 2. The summed E-state index contributed by atoms with van der Waals surface area (Å²) in [5.41, 5.74) is 8.00. The molecule has 3 heterocycles. The van der Waals surface area contributed by atoms with E-state index in [1.807, 2.05) is 13.0 Å². The molecule has 3 N–H and O–H groups in total. The summed E-state index contributed by atoms with van der Waals surface area (Å²) >= 11 is 0. The van der Waals surface area contributed by atoms with Gasteiger partial charge in [-0.05, 0) is 56.4 Å². The van der Waals surface area contributed by atoms with Crippen LogP contribution in [0.5, 0.6) is 0 Å². The number of nitrogens with one attached hydrogen (secondary N) is 1. The third-order valence-corrected chi connectivity index (χ3v) is 6.63. The molecule has 2 aliphatic rings. The average Bonchev–Trinajstić information content (AvgIpc) is 3.35. The maximum Gasteiger partial charge on any atom is 0.290 e. The molecule has 1 aromatic carbocycles. The van der Waals surface area contributed by atoms with Gasteiger partial charge >= 0.3 is 0 Å². The lowest BCUT2D eigenvalue weighted by Gasteiger charge is -2.19. The Balaban J connectivity index is 1.50. The van der Waals surface area contributed by atoms with Crippen LogP contribution in [0.4, 0.5) is 10.2 Å². The van der Waals surface area contributed by atoms with Crippen molar-refractivity contribution in [1.82, 2.24) is 24.2 Å². The molecule has 2 fully saturated rings. The molecule has 0 radical (unpaired) electrons. The normalized spacial score (nSPS) is 19.5. The van der Waals surface area contributed by atoms with Crippen LogP contribution in [0.3, 0.4) is 0 Å². The highest BCUT2D eigenvalue weighted by Gasteiger charge is 2.35. The molecule has 2 amide bonds. The van der Waals surface area contributed by atoms with Crippen molar-refractivity contribution in [2.45, 2.75) is 44.3 Å². The van der Waals surface area contributed by atoms with E-state index >= 15 is 0 Å². The van der Waals surface area contributed by atoms with E-state index in [0.29, 0.717) is 29.9 Å².